The van der Waals surface area contributed by atoms with Crippen LogP contribution in [0.25, 0.3) is 0 Å². The van der Waals surface area contributed by atoms with Gasteiger partial charge in [0.05, 0.1) is 0 Å². The van der Waals surface area contributed by atoms with Gasteiger partial charge in [0, 0.05) is 12.0 Å². The summed E-state index contributed by atoms with van der Waals surface area (Å²) in [4.78, 5) is 10.9. The number of rotatable bonds is 0. The lowest BCUT2D eigenvalue weighted by molar-refractivity contribution is -0.116. The summed E-state index contributed by atoms with van der Waals surface area (Å²) in [5, 5.41) is -0.815. The van der Waals surface area contributed by atoms with Gasteiger partial charge < -0.3 is 0 Å². The van der Waals surface area contributed by atoms with E-state index in [1.165, 1.54) is 0 Å². The maximum absolute atomic E-state index is 12.3. The third kappa shape index (κ3) is 1.57. The molecule has 0 bridgehead atoms. The lowest BCUT2D eigenvalue weighted by atomic mass is 9.95. The second kappa shape index (κ2) is 3.15. The molecule has 1 fully saturated rings. The first-order valence-corrected chi connectivity index (χ1v) is 3.67. The Morgan fingerprint density at radius 1 is 1.40 bits per heavy atom. The maximum Gasteiger partial charge on any atom is 0.195 e. The molecule has 0 N–H and O–H groups in total. The highest BCUT2D eigenvalue weighted by atomic mass is 35.5. The molecule has 0 aromatic rings. The van der Waals surface area contributed by atoms with E-state index in [1.807, 2.05) is 0 Å². The van der Waals surface area contributed by atoms with Gasteiger partial charge in [-0.2, -0.15) is 4.39 Å². The molecule has 0 aliphatic heterocycles. The average Bonchev–Trinajstić information content (AvgIpc) is 1.88. The van der Waals surface area contributed by atoms with Crippen LogP contribution in [0, 0.1) is 0 Å². The Bertz CT molecular complexity index is 182. The Morgan fingerprint density at radius 2 is 2.00 bits per heavy atom. The molecule has 0 heterocycles. The van der Waals surface area contributed by atoms with Gasteiger partial charge >= 0.3 is 0 Å². The Labute approximate surface area is 63.9 Å². The molecule has 0 aromatic heterocycles. The summed E-state index contributed by atoms with van der Waals surface area (Å²) in [7, 11) is 0. The number of carbonyl (C=O) groups excluding carboxylic acids is 1. The predicted octanol–water partition coefficient (Wildman–Crippen LogP) is 2.55. The van der Waals surface area contributed by atoms with Gasteiger partial charge in [0.15, 0.2) is 11.1 Å². The molecule has 1 aliphatic rings. The largest absolute Gasteiger partial charge is 0.294 e. The molecule has 1 aliphatic carbocycles. The van der Waals surface area contributed by atoms with Crippen molar-refractivity contribution in [2.75, 3.05) is 0 Å². The van der Waals surface area contributed by atoms with E-state index in [-0.39, 0.29) is 11.4 Å². The van der Waals surface area contributed by atoms with Gasteiger partial charge in [0.2, 0.25) is 0 Å². The molecule has 0 aromatic carbocycles. The summed E-state index contributed by atoms with van der Waals surface area (Å²) < 4.78 is 12.3. The fraction of sp³-hybridized carbons (Fsp3) is 0.571. The van der Waals surface area contributed by atoms with E-state index in [0.29, 0.717) is 12.8 Å². The van der Waals surface area contributed by atoms with Gasteiger partial charge in [-0.3, -0.25) is 4.79 Å². The standard InChI is InChI=1S/C7H8ClFO/c8-7(9)5-3-1-2-4-6(5)10/h1-4H2/b7-5+. The minimum atomic E-state index is -0.815. The minimum Gasteiger partial charge on any atom is -0.294 e. The van der Waals surface area contributed by atoms with E-state index in [2.05, 4.69) is 0 Å². The molecule has 3 heteroatoms. The van der Waals surface area contributed by atoms with Crippen molar-refractivity contribution < 1.29 is 9.18 Å². The van der Waals surface area contributed by atoms with Crippen LogP contribution in [0.1, 0.15) is 25.7 Å². The van der Waals surface area contributed by atoms with E-state index in [4.69, 9.17) is 11.6 Å². The van der Waals surface area contributed by atoms with Crippen molar-refractivity contribution in [3.8, 4) is 0 Å². The second-order valence-corrected chi connectivity index (χ2v) is 2.70. The molecule has 0 unspecified atom stereocenters. The third-order valence-corrected chi connectivity index (χ3v) is 1.87. The summed E-state index contributed by atoms with van der Waals surface area (Å²) in [5.41, 5.74) is 0.188. The molecule has 0 radical (unpaired) electrons. The Kier molecular flexibility index (Phi) is 2.44. The average molecular weight is 163 g/mol. The van der Waals surface area contributed by atoms with Crippen molar-refractivity contribution in [3.63, 3.8) is 0 Å². The minimum absolute atomic E-state index is 0.126. The van der Waals surface area contributed by atoms with Crippen molar-refractivity contribution in [2.24, 2.45) is 0 Å². The van der Waals surface area contributed by atoms with Crippen molar-refractivity contribution in [3.05, 3.63) is 10.9 Å². The molecule has 0 saturated heterocycles. The highest BCUT2D eigenvalue weighted by Gasteiger charge is 2.18. The molecule has 1 rings (SSSR count). The summed E-state index contributed by atoms with van der Waals surface area (Å²) in [5.74, 6) is -0.126. The van der Waals surface area contributed by atoms with Gasteiger partial charge in [-0.25, -0.2) is 0 Å². The first kappa shape index (κ1) is 7.73. The zero-order valence-corrected chi connectivity index (χ0v) is 6.25. The summed E-state index contributed by atoms with van der Waals surface area (Å²) in [6.45, 7) is 0. The smallest absolute Gasteiger partial charge is 0.195 e. The van der Waals surface area contributed by atoms with E-state index in [9.17, 15) is 9.18 Å². The third-order valence-electron chi connectivity index (χ3n) is 1.65. The molecule has 1 nitrogen and oxygen atoms in total. The first-order chi connectivity index (χ1) is 4.72. The van der Waals surface area contributed by atoms with Gasteiger partial charge in [-0.15, -0.1) is 0 Å². The van der Waals surface area contributed by atoms with Crippen LogP contribution in [0.2, 0.25) is 0 Å². The van der Waals surface area contributed by atoms with Crippen molar-refractivity contribution >= 4 is 17.4 Å². The molecule has 0 atom stereocenters. The topological polar surface area (TPSA) is 17.1 Å². The van der Waals surface area contributed by atoms with E-state index in [0.717, 1.165) is 12.8 Å². The molecule has 10 heavy (non-hydrogen) atoms. The Morgan fingerprint density at radius 3 is 2.40 bits per heavy atom. The Balaban J connectivity index is 2.75. The van der Waals surface area contributed by atoms with Gasteiger partial charge in [-0.1, -0.05) is 11.6 Å². The highest BCUT2D eigenvalue weighted by Crippen LogP contribution is 2.24. The molecule has 56 valence electrons. The van der Waals surface area contributed by atoms with E-state index in [1.54, 1.807) is 0 Å². The fourth-order valence-corrected chi connectivity index (χ4v) is 1.28. The van der Waals surface area contributed by atoms with Crippen molar-refractivity contribution in [1.29, 1.82) is 0 Å². The van der Waals surface area contributed by atoms with E-state index < -0.39 is 5.29 Å². The van der Waals surface area contributed by atoms with Crippen molar-refractivity contribution in [1.82, 2.24) is 0 Å². The van der Waals surface area contributed by atoms with Gasteiger partial charge in [-0.05, 0) is 19.3 Å². The predicted molar refractivity (Wildman–Crippen MR) is 37.5 cm³/mol. The zero-order valence-electron chi connectivity index (χ0n) is 5.49. The van der Waals surface area contributed by atoms with Crippen LogP contribution in [0.3, 0.4) is 0 Å². The van der Waals surface area contributed by atoms with Crippen LogP contribution in [0.4, 0.5) is 4.39 Å². The summed E-state index contributed by atoms with van der Waals surface area (Å²) in [6.07, 6.45) is 2.71. The fourth-order valence-electron chi connectivity index (χ4n) is 1.08. The maximum atomic E-state index is 12.3. The van der Waals surface area contributed by atoms with Crippen molar-refractivity contribution in [2.45, 2.75) is 25.7 Å². The SMILES string of the molecule is O=C1CCCC/C1=C(\F)Cl. The molecule has 0 spiro atoms. The number of Topliss-reactive ketones (excluding diaryl/α,β-unsaturated/α-hetero) is 1. The normalized spacial score (nSPS) is 24.8. The monoisotopic (exact) mass is 162 g/mol. The van der Waals surface area contributed by atoms with E-state index >= 15 is 0 Å². The lowest BCUT2D eigenvalue weighted by Gasteiger charge is -2.10. The zero-order chi connectivity index (χ0) is 7.56. The number of carbonyl (C=O) groups is 1. The second-order valence-electron chi connectivity index (χ2n) is 2.37. The Hall–Kier alpha value is -0.370. The number of hydrogen-bond acceptors (Lipinski definition) is 1. The van der Waals surface area contributed by atoms with Crippen LogP contribution in [0.5, 0.6) is 0 Å². The van der Waals surface area contributed by atoms with Crippen LogP contribution < -0.4 is 0 Å². The first-order valence-electron chi connectivity index (χ1n) is 3.29. The number of allylic oxidation sites excluding steroid dienone is 1. The number of halogens is 2. The van der Waals surface area contributed by atoms with Crippen LogP contribution >= 0.6 is 11.6 Å². The van der Waals surface area contributed by atoms with Crippen LogP contribution in [0.15, 0.2) is 10.9 Å². The number of hydrogen-bond donors (Lipinski definition) is 0. The van der Waals surface area contributed by atoms with Gasteiger partial charge in [0.1, 0.15) is 0 Å². The van der Waals surface area contributed by atoms with Crippen LogP contribution in [-0.4, -0.2) is 5.78 Å². The molecular formula is C7H8ClFO. The lowest BCUT2D eigenvalue weighted by Crippen LogP contribution is -2.08. The van der Waals surface area contributed by atoms with Crippen LogP contribution in [-0.2, 0) is 4.79 Å². The quantitative estimate of drug-likeness (QED) is 0.501. The summed E-state index contributed by atoms with van der Waals surface area (Å²) in [6, 6.07) is 0. The number of ketones is 1. The highest BCUT2D eigenvalue weighted by molar-refractivity contribution is 6.30. The van der Waals surface area contributed by atoms with Gasteiger partial charge in [0.25, 0.3) is 0 Å². The summed E-state index contributed by atoms with van der Waals surface area (Å²) >= 11 is 5.04. The molecular weight excluding hydrogens is 155 g/mol. The molecule has 1 saturated carbocycles. The molecule has 0 amide bonds.